The maximum absolute atomic E-state index is 12.4. The second-order valence-corrected chi connectivity index (χ2v) is 6.29. The van der Waals surface area contributed by atoms with Crippen LogP contribution in [0.3, 0.4) is 0 Å². The van der Waals surface area contributed by atoms with Gasteiger partial charge in [-0.25, -0.2) is 9.78 Å². The molecule has 0 bridgehead atoms. The molecule has 7 nitrogen and oxygen atoms in total. The lowest BCUT2D eigenvalue weighted by atomic mass is 10.2. The highest BCUT2D eigenvalue weighted by Gasteiger charge is 2.11. The number of amides is 1. The molecular weight excluding hydrogens is 370 g/mol. The van der Waals surface area contributed by atoms with Crippen LogP contribution in [0, 0.1) is 6.92 Å². The minimum atomic E-state index is -0.471. The van der Waals surface area contributed by atoms with Crippen LogP contribution in [0.2, 0.25) is 0 Å². The zero-order valence-corrected chi connectivity index (χ0v) is 16.4. The summed E-state index contributed by atoms with van der Waals surface area (Å²) in [5.41, 5.74) is 3.70. The quantitative estimate of drug-likeness (QED) is 0.613. The van der Waals surface area contributed by atoms with Gasteiger partial charge in [-0.05, 0) is 55.0 Å². The van der Waals surface area contributed by atoms with E-state index in [-0.39, 0.29) is 11.6 Å². The summed E-state index contributed by atoms with van der Waals surface area (Å²) in [5, 5.41) is 5.96. The smallest absolute Gasteiger partial charge is 0.337 e. The lowest BCUT2D eigenvalue weighted by molar-refractivity contribution is 0.0600. The zero-order chi connectivity index (χ0) is 20.8. The molecule has 2 N–H and O–H groups in total. The summed E-state index contributed by atoms with van der Waals surface area (Å²) in [7, 11) is 2.91. The largest absolute Gasteiger partial charge is 0.495 e. The minimum Gasteiger partial charge on any atom is -0.495 e. The van der Waals surface area contributed by atoms with Crippen LogP contribution in [-0.4, -0.2) is 31.1 Å². The molecule has 1 heterocycles. The van der Waals surface area contributed by atoms with Crippen LogP contribution in [0.1, 0.15) is 26.4 Å². The second-order valence-electron chi connectivity index (χ2n) is 6.29. The predicted octanol–water partition coefficient (Wildman–Crippen LogP) is 4.18. The average Bonchev–Trinajstić information content (AvgIpc) is 2.74. The van der Waals surface area contributed by atoms with Crippen LogP contribution < -0.4 is 15.4 Å². The molecule has 2 aromatic carbocycles. The van der Waals surface area contributed by atoms with Crippen LogP contribution in [-0.2, 0) is 4.74 Å². The number of carbonyl (C=O) groups excluding carboxylic acids is 2. The molecule has 0 unspecified atom stereocenters. The maximum atomic E-state index is 12.4. The molecule has 0 saturated carbocycles. The van der Waals surface area contributed by atoms with Crippen molar-refractivity contribution in [2.24, 2.45) is 0 Å². The zero-order valence-electron chi connectivity index (χ0n) is 16.4. The number of aromatic nitrogens is 1. The maximum Gasteiger partial charge on any atom is 0.337 e. The Balaban J connectivity index is 1.71. The number of pyridine rings is 1. The third-order valence-corrected chi connectivity index (χ3v) is 4.17. The number of nitrogens with one attached hydrogen (secondary N) is 2. The van der Waals surface area contributed by atoms with Gasteiger partial charge in [0, 0.05) is 5.69 Å². The number of nitrogens with zero attached hydrogens (tertiary/aromatic N) is 1. The van der Waals surface area contributed by atoms with E-state index in [2.05, 4.69) is 20.4 Å². The van der Waals surface area contributed by atoms with Gasteiger partial charge in [-0.2, -0.15) is 0 Å². The number of anilines is 3. The van der Waals surface area contributed by atoms with E-state index in [9.17, 15) is 9.59 Å². The molecule has 3 rings (SSSR count). The van der Waals surface area contributed by atoms with E-state index in [0.717, 1.165) is 16.9 Å². The molecule has 7 heteroatoms. The SMILES string of the molecule is COC(=O)c1cccc(NC(=O)c2ccc(Nc3cc(C)ccc3OC)cn2)c1. The summed E-state index contributed by atoms with van der Waals surface area (Å²) in [4.78, 5) is 28.3. The first-order chi connectivity index (χ1) is 14.0. The van der Waals surface area contributed by atoms with Gasteiger partial charge in [-0.3, -0.25) is 4.79 Å². The van der Waals surface area contributed by atoms with Crippen molar-refractivity contribution in [3.8, 4) is 5.75 Å². The number of rotatable bonds is 6. The third kappa shape index (κ3) is 4.90. The fourth-order valence-corrected chi connectivity index (χ4v) is 2.71. The van der Waals surface area contributed by atoms with Gasteiger partial charge < -0.3 is 20.1 Å². The molecule has 0 atom stereocenters. The molecule has 0 fully saturated rings. The van der Waals surface area contributed by atoms with Gasteiger partial charge in [-0.1, -0.05) is 12.1 Å². The van der Waals surface area contributed by atoms with Gasteiger partial charge in [0.05, 0.1) is 37.4 Å². The fraction of sp³-hybridized carbons (Fsp3) is 0.136. The monoisotopic (exact) mass is 391 g/mol. The molecule has 0 saturated heterocycles. The number of esters is 1. The van der Waals surface area contributed by atoms with Crippen molar-refractivity contribution in [3.63, 3.8) is 0 Å². The average molecular weight is 391 g/mol. The van der Waals surface area contributed by atoms with Crippen molar-refractivity contribution in [3.05, 3.63) is 77.6 Å². The molecule has 0 radical (unpaired) electrons. The Morgan fingerprint density at radius 2 is 1.79 bits per heavy atom. The Morgan fingerprint density at radius 3 is 2.48 bits per heavy atom. The van der Waals surface area contributed by atoms with Gasteiger partial charge in [0.25, 0.3) is 5.91 Å². The van der Waals surface area contributed by atoms with Crippen molar-refractivity contribution in [2.45, 2.75) is 6.92 Å². The van der Waals surface area contributed by atoms with Crippen LogP contribution in [0.15, 0.2) is 60.8 Å². The molecule has 1 amide bonds. The van der Waals surface area contributed by atoms with Gasteiger partial charge >= 0.3 is 5.97 Å². The number of hydrogen-bond acceptors (Lipinski definition) is 6. The summed E-state index contributed by atoms with van der Waals surface area (Å²) in [6.45, 7) is 1.99. The molecule has 0 spiro atoms. The standard InChI is InChI=1S/C22H21N3O4/c1-14-7-10-20(28-2)19(11-14)24-17-8-9-18(23-13-17)21(26)25-16-6-4-5-15(12-16)22(27)29-3/h4-13,24H,1-3H3,(H,25,26). The molecule has 3 aromatic rings. The van der Waals surface area contributed by atoms with E-state index in [1.54, 1.807) is 49.7 Å². The number of aryl methyl sites for hydroxylation is 1. The van der Waals surface area contributed by atoms with Crippen molar-refractivity contribution >= 4 is 28.9 Å². The van der Waals surface area contributed by atoms with Crippen LogP contribution in [0.5, 0.6) is 5.75 Å². The van der Waals surface area contributed by atoms with Crippen LogP contribution in [0.25, 0.3) is 0 Å². The fourth-order valence-electron chi connectivity index (χ4n) is 2.71. The second kappa shape index (κ2) is 8.88. The lowest BCUT2D eigenvalue weighted by Crippen LogP contribution is -2.14. The summed E-state index contributed by atoms with van der Waals surface area (Å²) < 4.78 is 10.0. The number of carbonyl (C=O) groups is 2. The number of ether oxygens (including phenoxy) is 2. The van der Waals surface area contributed by atoms with Crippen molar-refractivity contribution < 1.29 is 19.1 Å². The summed E-state index contributed by atoms with van der Waals surface area (Å²) in [5.74, 6) is -0.143. The van der Waals surface area contributed by atoms with E-state index in [4.69, 9.17) is 4.74 Å². The van der Waals surface area contributed by atoms with Crippen molar-refractivity contribution in [1.82, 2.24) is 4.98 Å². The molecule has 1 aromatic heterocycles. The molecular formula is C22H21N3O4. The Kier molecular flexibility index (Phi) is 6.09. The molecule has 0 aliphatic heterocycles. The molecule has 0 aliphatic carbocycles. The lowest BCUT2D eigenvalue weighted by Gasteiger charge is -2.12. The first-order valence-electron chi connectivity index (χ1n) is 8.87. The Hall–Kier alpha value is -3.87. The van der Waals surface area contributed by atoms with Crippen LogP contribution >= 0.6 is 0 Å². The summed E-state index contributed by atoms with van der Waals surface area (Å²) in [6.07, 6.45) is 1.57. The topological polar surface area (TPSA) is 89.5 Å². The Labute approximate surface area is 168 Å². The predicted molar refractivity (Wildman–Crippen MR) is 111 cm³/mol. The normalized spacial score (nSPS) is 10.2. The first kappa shape index (κ1) is 19.9. The van der Waals surface area contributed by atoms with Gasteiger partial charge in [-0.15, -0.1) is 0 Å². The number of methoxy groups -OCH3 is 2. The highest BCUT2D eigenvalue weighted by atomic mass is 16.5. The van der Waals surface area contributed by atoms with E-state index < -0.39 is 5.97 Å². The summed E-state index contributed by atoms with van der Waals surface area (Å²) in [6, 6.07) is 15.7. The Morgan fingerprint density at radius 1 is 0.966 bits per heavy atom. The minimum absolute atomic E-state index is 0.246. The molecule has 29 heavy (non-hydrogen) atoms. The highest BCUT2D eigenvalue weighted by Crippen LogP contribution is 2.28. The van der Waals surface area contributed by atoms with Crippen LogP contribution in [0.4, 0.5) is 17.1 Å². The van der Waals surface area contributed by atoms with Gasteiger partial charge in [0.1, 0.15) is 11.4 Å². The highest BCUT2D eigenvalue weighted by molar-refractivity contribution is 6.03. The van der Waals surface area contributed by atoms with E-state index in [1.807, 2.05) is 25.1 Å². The van der Waals surface area contributed by atoms with E-state index in [0.29, 0.717) is 17.0 Å². The van der Waals surface area contributed by atoms with Gasteiger partial charge in [0.2, 0.25) is 0 Å². The number of hydrogen-bond donors (Lipinski definition) is 2. The summed E-state index contributed by atoms with van der Waals surface area (Å²) >= 11 is 0. The molecule has 0 aliphatic rings. The van der Waals surface area contributed by atoms with Crippen molar-refractivity contribution in [2.75, 3.05) is 24.9 Å². The van der Waals surface area contributed by atoms with Gasteiger partial charge in [0.15, 0.2) is 0 Å². The van der Waals surface area contributed by atoms with Crippen molar-refractivity contribution in [1.29, 1.82) is 0 Å². The van der Waals surface area contributed by atoms with E-state index >= 15 is 0 Å². The third-order valence-electron chi connectivity index (χ3n) is 4.17. The van der Waals surface area contributed by atoms with E-state index in [1.165, 1.54) is 7.11 Å². The Bertz CT molecular complexity index is 1030. The number of benzene rings is 2. The first-order valence-corrected chi connectivity index (χ1v) is 8.87. The molecule has 148 valence electrons.